The molecule has 2 N–H and O–H groups in total. The summed E-state index contributed by atoms with van der Waals surface area (Å²) in [6, 6.07) is 11.5. The van der Waals surface area contributed by atoms with Crippen molar-refractivity contribution in [1.29, 1.82) is 0 Å². The maximum atomic E-state index is 12.9. The molecule has 3 heterocycles. The summed E-state index contributed by atoms with van der Waals surface area (Å²) in [7, 11) is 0. The van der Waals surface area contributed by atoms with Gasteiger partial charge in [-0.3, -0.25) is 14.6 Å². The Balaban J connectivity index is 1.80. The predicted octanol–water partition coefficient (Wildman–Crippen LogP) is 4.45. The summed E-state index contributed by atoms with van der Waals surface area (Å²) in [5, 5.41) is 7.54. The molecule has 0 aliphatic rings. The molecule has 0 radical (unpaired) electrons. The van der Waals surface area contributed by atoms with Crippen LogP contribution in [0.3, 0.4) is 0 Å². The minimum absolute atomic E-state index is 0.174. The van der Waals surface area contributed by atoms with Crippen LogP contribution in [0.1, 0.15) is 23.0 Å². The second-order valence-corrected chi connectivity index (χ2v) is 7.62. The van der Waals surface area contributed by atoms with Gasteiger partial charge in [0.05, 0.1) is 16.8 Å². The first kappa shape index (κ1) is 20.1. The molecule has 10 heteroatoms. The van der Waals surface area contributed by atoms with Gasteiger partial charge in [0.15, 0.2) is 5.76 Å². The number of aryl methyl sites for hydroxylation is 1. The number of nitrogens with one attached hydrogen (secondary N) is 2. The highest BCUT2D eigenvalue weighted by atomic mass is 79.9. The van der Waals surface area contributed by atoms with E-state index in [4.69, 9.17) is 16.0 Å². The monoisotopic (exact) mass is 487 g/mol. The number of aromatic amines is 1. The Morgan fingerprint density at radius 2 is 2.13 bits per heavy atom. The van der Waals surface area contributed by atoms with Crippen molar-refractivity contribution in [1.82, 2.24) is 19.7 Å². The van der Waals surface area contributed by atoms with Gasteiger partial charge < -0.3 is 9.73 Å². The van der Waals surface area contributed by atoms with Gasteiger partial charge in [0.1, 0.15) is 11.5 Å². The summed E-state index contributed by atoms with van der Waals surface area (Å²) in [5.41, 5.74) is 1.01. The SMILES string of the molecule is CCc1cc(=O)[nH]c(-n2nc(-c3ccco3)cc2NC(=O)c2cc(Br)ccc2Cl)n1. The third-order valence-corrected chi connectivity index (χ3v) is 5.07. The van der Waals surface area contributed by atoms with Crippen LogP contribution in [0.2, 0.25) is 5.02 Å². The van der Waals surface area contributed by atoms with Gasteiger partial charge in [0, 0.05) is 22.3 Å². The van der Waals surface area contributed by atoms with Crippen LogP contribution in [0.15, 0.2) is 62.4 Å². The minimum atomic E-state index is -0.442. The number of rotatable bonds is 5. The average molecular weight is 489 g/mol. The van der Waals surface area contributed by atoms with Crippen molar-refractivity contribution in [3.63, 3.8) is 0 Å². The van der Waals surface area contributed by atoms with Crippen LogP contribution in [0.4, 0.5) is 5.82 Å². The van der Waals surface area contributed by atoms with Gasteiger partial charge in [-0.05, 0) is 36.8 Å². The predicted molar refractivity (Wildman–Crippen MR) is 116 cm³/mol. The van der Waals surface area contributed by atoms with Crippen molar-refractivity contribution < 1.29 is 9.21 Å². The number of carbonyl (C=O) groups is 1. The summed E-state index contributed by atoms with van der Waals surface area (Å²) in [6.07, 6.45) is 2.09. The third-order valence-electron chi connectivity index (χ3n) is 4.24. The fourth-order valence-electron chi connectivity index (χ4n) is 2.81. The number of hydrogen-bond acceptors (Lipinski definition) is 5. The lowest BCUT2D eigenvalue weighted by Gasteiger charge is -2.10. The Labute approximate surface area is 184 Å². The van der Waals surface area contributed by atoms with Gasteiger partial charge in [-0.2, -0.15) is 9.78 Å². The standard InChI is InChI=1S/C20H15BrClN5O3/c1-2-12-9-18(28)25-20(23-12)27-17(10-15(26-27)16-4-3-7-30-16)24-19(29)13-8-11(21)5-6-14(13)22/h3-10H,2H2,1H3,(H,24,29)(H,23,25,28). The van der Waals surface area contributed by atoms with Gasteiger partial charge in [-0.15, -0.1) is 0 Å². The van der Waals surface area contributed by atoms with E-state index in [0.29, 0.717) is 38.9 Å². The first-order valence-corrected chi connectivity index (χ1v) is 10.1. The molecule has 0 bridgehead atoms. The van der Waals surface area contributed by atoms with E-state index in [1.807, 2.05) is 6.92 Å². The summed E-state index contributed by atoms with van der Waals surface area (Å²) >= 11 is 9.52. The summed E-state index contributed by atoms with van der Waals surface area (Å²) in [6.45, 7) is 1.89. The van der Waals surface area contributed by atoms with Crippen LogP contribution >= 0.6 is 27.5 Å². The first-order valence-electron chi connectivity index (χ1n) is 8.95. The number of hydrogen-bond donors (Lipinski definition) is 2. The van der Waals surface area contributed by atoms with Crippen LogP contribution in [-0.2, 0) is 6.42 Å². The van der Waals surface area contributed by atoms with Crippen molar-refractivity contribution in [3.8, 4) is 17.4 Å². The molecular formula is C20H15BrClN5O3. The Morgan fingerprint density at radius 1 is 1.30 bits per heavy atom. The van der Waals surface area contributed by atoms with Gasteiger partial charge >= 0.3 is 0 Å². The smallest absolute Gasteiger partial charge is 0.258 e. The molecule has 0 fully saturated rings. The summed E-state index contributed by atoms with van der Waals surface area (Å²) in [4.78, 5) is 32.0. The second-order valence-electron chi connectivity index (χ2n) is 6.30. The number of nitrogens with zero attached hydrogens (tertiary/aromatic N) is 3. The van der Waals surface area contributed by atoms with Crippen LogP contribution in [-0.4, -0.2) is 25.7 Å². The van der Waals surface area contributed by atoms with E-state index in [1.165, 1.54) is 17.0 Å². The van der Waals surface area contributed by atoms with Gasteiger partial charge in [0.2, 0.25) is 5.95 Å². The van der Waals surface area contributed by atoms with E-state index < -0.39 is 5.91 Å². The highest BCUT2D eigenvalue weighted by Gasteiger charge is 2.19. The molecule has 152 valence electrons. The molecule has 4 aromatic rings. The molecular weight excluding hydrogens is 474 g/mol. The van der Waals surface area contributed by atoms with Crippen LogP contribution in [0.5, 0.6) is 0 Å². The van der Waals surface area contributed by atoms with E-state index in [1.54, 1.807) is 36.4 Å². The number of aromatic nitrogens is 4. The maximum Gasteiger partial charge on any atom is 0.258 e. The number of halogens is 2. The van der Waals surface area contributed by atoms with Crippen LogP contribution in [0.25, 0.3) is 17.4 Å². The fourth-order valence-corrected chi connectivity index (χ4v) is 3.37. The molecule has 1 aromatic carbocycles. The normalized spacial score (nSPS) is 10.9. The molecule has 0 spiro atoms. The molecule has 1 amide bonds. The number of carbonyl (C=O) groups excluding carboxylic acids is 1. The Kier molecular flexibility index (Phi) is 5.56. The number of amides is 1. The van der Waals surface area contributed by atoms with Crippen molar-refractivity contribution in [3.05, 3.63) is 79.8 Å². The molecule has 8 nitrogen and oxygen atoms in total. The molecule has 0 aliphatic carbocycles. The van der Waals surface area contributed by atoms with Crippen molar-refractivity contribution in [2.45, 2.75) is 13.3 Å². The number of anilines is 1. The largest absolute Gasteiger partial charge is 0.463 e. The van der Waals surface area contributed by atoms with Crippen molar-refractivity contribution >= 4 is 39.3 Å². The van der Waals surface area contributed by atoms with Crippen molar-refractivity contribution in [2.24, 2.45) is 0 Å². The van der Waals surface area contributed by atoms with Crippen LogP contribution < -0.4 is 10.9 Å². The fraction of sp³-hybridized carbons (Fsp3) is 0.100. The van der Waals surface area contributed by atoms with E-state index in [0.717, 1.165) is 0 Å². The topological polar surface area (TPSA) is 106 Å². The van der Waals surface area contributed by atoms with Gasteiger partial charge in [-0.1, -0.05) is 34.5 Å². The van der Waals surface area contributed by atoms with E-state index in [9.17, 15) is 9.59 Å². The summed E-state index contributed by atoms with van der Waals surface area (Å²) < 4.78 is 7.47. The zero-order chi connectivity index (χ0) is 21.3. The zero-order valence-electron chi connectivity index (χ0n) is 15.6. The molecule has 0 aliphatic heterocycles. The summed E-state index contributed by atoms with van der Waals surface area (Å²) in [5.74, 6) is 0.521. The first-order chi connectivity index (χ1) is 14.4. The second kappa shape index (κ2) is 8.29. The van der Waals surface area contributed by atoms with Gasteiger partial charge in [0.25, 0.3) is 11.5 Å². The molecule has 0 saturated carbocycles. The molecule has 0 saturated heterocycles. The lowest BCUT2D eigenvalue weighted by atomic mass is 10.2. The Hall–Kier alpha value is -3.17. The quantitative estimate of drug-likeness (QED) is 0.432. The lowest BCUT2D eigenvalue weighted by molar-refractivity contribution is 0.102. The molecule has 30 heavy (non-hydrogen) atoms. The van der Waals surface area contributed by atoms with E-state index in [-0.39, 0.29) is 17.1 Å². The molecule has 0 atom stereocenters. The molecule has 0 unspecified atom stereocenters. The maximum absolute atomic E-state index is 12.9. The zero-order valence-corrected chi connectivity index (χ0v) is 18.0. The highest BCUT2D eigenvalue weighted by molar-refractivity contribution is 9.10. The van der Waals surface area contributed by atoms with Crippen molar-refractivity contribution in [2.75, 3.05) is 5.32 Å². The Bertz CT molecular complexity index is 1280. The van der Waals surface area contributed by atoms with E-state index >= 15 is 0 Å². The Morgan fingerprint density at radius 3 is 2.87 bits per heavy atom. The van der Waals surface area contributed by atoms with E-state index in [2.05, 4.69) is 36.3 Å². The molecule has 3 aromatic heterocycles. The number of furan rings is 1. The number of benzene rings is 1. The lowest BCUT2D eigenvalue weighted by Crippen LogP contribution is -2.19. The third kappa shape index (κ3) is 4.07. The average Bonchev–Trinajstić information content (AvgIpc) is 3.39. The van der Waals surface area contributed by atoms with Gasteiger partial charge in [-0.25, -0.2) is 4.98 Å². The molecule has 4 rings (SSSR count). The minimum Gasteiger partial charge on any atom is -0.463 e. The number of H-pyrrole nitrogens is 1. The van der Waals surface area contributed by atoms with Crippen LogP contribution in [0, 0.1) is 0 Å². The highest BCUT2D eigenvalue weighted by Crippen LogP contribution is 2.26.